The maximum Gasteiger partial charge on any atom is 0.389 e. The molecule has 0 saturated heterocycles. The highest BCUT2D eigenvalue weighted by atomic mass is 79.9. The molecule has 0 unspecified atom stereocenters. The zero-order valence-electron chi connectivity index (χ0n) is 7.14. The van der Waals surface area contributed by atoms with Crippen molar-refractivity contribution in [3.63, 3.8) is 0 Å². The molecule has 0 bridgehead atoms. The fourth-order valence-electron chi connectivity index (χ4n) is 1.02. The molecule has 0 spiro atoms. The minimum atomic E-state index is -4.12. The second-order valence-corrected chi connectivity index (χ2v) is 4.70. The predicted molar refractivity (Wildman–Crippen MR) is 54.2 cm³/mol. The summed E-state index contributed by atoms with van der Waals surface area (Å²) in [4.78, 5) is 0.772. The average Bonchev–Trinajstić information content (AvgIpc) is 2.46. The van der Waals surface area contributed by atoms with Gasteiger partial charge in [-0.15, -0.1) is 11.3 Å². The summed E-state index contributed by atoms with van der Waals surface area (Å²) in [5.41, 5.74) is 5.63. The standard InChI is InChI=1S/C8H9BrF3NS/c9-5-2-4-14-7(5)6(13)1-3-8(10,11)12/h2,4,6H,1,3,13H2/t6-/m1/s1. The molecule has 1 rings (SSSR count). The minimum absolute atomic E-state index is 0.0669. The Balaban J connectivity index is 2.51. The molecule has 0 aliphatic heterocycles. The van der Waals surface area contributed by atoms with Crippen molar-refractivity contribution in [2.75, 3.05) is 0 Å². The van der Waals surface area contributed by atoms with Gasteiger partial charge in [0.05, 0.1) is 0 Å². The Morgan fingerprint density at radius 1 is 1.50 bits per heavy atom. The van der Waals surface area contributed by atoms with Gasteiger partial charge in [-0.05, 0) is 33.8 Å². The molecule has 1 aromatic heterocycles. The first-order valence-electron chi connectivity index (χ1n) is 3.95. The van der Waals surface area contributed by atoms with E-state index in [0.717, 1.165) is 9.35 Å². The number of thiophene rings is 1. The quantitative estimate of drug-likeness (QED) is 0.898. The molecule has 1 atom stereocenters. The van der Waals surface area contributed by atoms with Crippen molar-refractivity contribution in [1.82, 2.24) is 0 Å². The van der Waals surface area contributed by atoms with Crippen LogP contribution in [0.3, 0.4) is 0 Å². The van der Waals surface area contributed by atoms with Crippen molar-refractivity contribution in [3.05, 3.63) is 20.8 Å². The number of halogens is 4. The SMILES string of the molecule is N[C@H](CCC(F)(F)F)c1sccc1Br. The first-order valence-corrected chi connectivity index (χ1v) is 5.62. The van der Waals surface area contributed by atoms with E-state index in [2.05, 4.69) is 15.9 Å². The fraction of sp³-hybridized carbons (Fsp3) is 0.500. The lowest BCUT2D eigenvalue weighted by atomic mass is 10.1. The normalized spacial score (nSPS) is 14.4. The van der Waals surface area contributed by atoms with Gasteiger partial charge in [0.1, 0.15) is 0 Å². The second-order valence-electron chi connectivity index (χ2n) is 2.89. The van der Waals surface area contributed by atoms with E-state index < -0.39 is 18.6 Å². The zero-order valence-corrected chi connectivity index (χ0v) is 9.55. The number of hydrogen-bond acceptors (Lipinski definition) is 2. The Bertz CT molecular complexity index is 297. The lowest BCUT2D eigenvalue weighted by Crippen LogP contribution is -2.15. The number of nitrogens with two attached hydrogens (primary N) is 1. The average molecular weight is 288 g/mol. The van der Waals surface area contributed by atoms with Gasteiger partial charge >= 0.3 is 6.18 Å². The number of rotatable bonds is 3. The third-order valence-electron chi connectivity index (χ3n) is 1.72. The summed E-state index contributed by atoms with van der Waals surface area (Å²) in [6.07, 6.45) is -5.03. The van der Waals surface area contributed by atoms with Gasteiger partial charge in [0, 0.05) is 21.8 Å². The smallest absolute Gasteiger partial charge is 0.323 e. The van der Waals surface area contributed by atoms with Crippen molar-refractivity contribution in [3.8, 4) is 0 Å². The Hall–Kier alpha value is -0.0700. The molecular weight excluding hydrogens is 279 g/mol. The summed E-state index contributed by atoms with van der Waals surface area (Å²) in [5, 5.41) is 1.80. The van der Waals surface area contributed by atoms with Crippen molar-refractivity contribution >= 4 is 27.3 Å². The van der Waals surface area contributed by atoms with Crippen LogP contribution in [0.1, 0.15) is 23.8 Å². The van der Waals surface area contributed by atoms with Crippen LogP contribution in [0.2, 0.25) is 0 Å². The van der Waals surface area contributed by atoms with Crippen LogP contribution in [-0.4, -0.2) is 6.18 Å². The van der Waals surface area contributed by atoms with Gasteiger partial charge in [0.15, 0.2) is 0 Å². The summed E-state index contributed by atoms with van der Waals surface area (Å²) in [7, 11) is 0. The first kappa shape index (κ1) is 12.0. The molecule has 6 heteroatoms. The fourth-order valence-corrected chi connectivity index (χ4v) is 2.73. The topological polar surface area (TPSA) is 26.0 Å². The van der Waals surface area contributed by atoms with Crippen LogP contribution < -0.4 is 5.73 Å². The molecule has 0 amide bonds. The van der Waals surface area contributed by atoms with E-state index in [0.29, 0.717) is 0 Å². The molecule has 1 aromatic rings. The van der Waals surface area contributed by atoms with Gasteiger partial charge in [-0.3, -0.25) is 0 Å². The highest BCUT2D eigenvalue weighted by Gasteiger charge is 2.28. The van der Waals surface area contributed by atoms with Gasteiger partial charge in [0.2, 0.25) is 0 Å². The van der Waals surface area contributed by atoms with E-state index in [-0.39, 0.29) is 6.42 Å². The Kier molecular flexibility index (Phi) is 3.97. The molecule has 0 fully saturated rings. The molecule has 0 saturated carbocycles. The Morgan fingerprint density at radius 3 is 2.57 bits per heavy atom. The molecular formula is C8H9BrF3NS. The minimum Gasteiger partial charge on any atom is -0.323 e. The van der Waals surface area contributed by atoms with E-state index >= 15 is 0 Å². The molecule has 0 aromatic carbocycles. The van der Waals surface area contributed by atoms with Gasteiger partial charge in [-0.2, -0.15) is 13.2 Å². The summed E-state index contributed by atoms with van der Waals surface area (Å²) in [5.74, 6) is 0. The van der Waals surface area contributed by atoms with Crippen LogP contribution in [0.5, 0.6) is 0 Å². The Morgan fingerprint density at radius 2 is 2.14 bits per heavy atom. The summed E-state index contributed by atoms with van der Waals surface area (Å²) >= 11 is 4.61. The summed E-state index contributed by atoms with van der Waals surface area (Å²) < 4.78 is 36.5. The van der Waals surface area contributed by atoms with Crippen molar-refractivity contribution in [1.29, 1.82) is 0 Å². The lowest BCUT2D eigenvalue weighted by Gasteiger charge is -2.12. The van der Waals surface area contributed by atoms with Crippen molar-refractivity contribution in [2.24, 2.45) is 5.73 Å². The Labute approximate surface area is 92.2 Å². The van der Waals surface area contributed by atoms with E-state index in [1.54, 1.807) is 11.4 Å². The molecule has 14 heavy (non-hydrogen) atoms. The maximum atomic E-state index is 11.9. The van der Waals surface area contributed by atoms with Crippen LogP contribution >= 0.6 is 27.3 Å². The highest BCUT2D eigenvalue weighted by molar-refractivity contribution is 9.10. The van der Waals surface area contributed by atoms with E-state index in [9.17, 15) is 13.2 Å². The summed E-state index contributed by atoms with van der Waals surface area (Å²) in [6.45, 7) is 0. The first-order chi connectivity index (χ1) is 6.40. The van der Waals surface area contributed by atoms with Crippen molar-refractivity contribution in [2.45, 2.75) is 25.1 Å². The molecule has 0 radical (unpaired) electrons. The number of hydrogen-bond donors (Lipinski definition) is 1. The lowest BCUT2D eigenvalue weighted by molar-refractivity contribution is -0.136. The molecule has 2 N–H and O–H groups in total. The largest absolute Gasteiger partial charge is 0.389 e. The van der Waals surface area contributed by atoms with Gasteiger partial charge < -0.3 is 5.73 Å². The van der Waals surface area contributed by atoms with Crippen LogP contribution in [0, 0.1) is 0 Å². The van der Waals surface area contributed by atoms with E-state index in [1.165, 1.54) is 11.3 Å². The molecule has 80 valence electrons. The van der Waals surface area contributed by atoms with Crippen LogP contribution in [0.25, 0.3) is 0 Å². The van der Waals surface area contributed by atoms with E-state index in [4.69, 9.17) is 5.73 Å². The van der Waals surface area contributed by atoms with Gasteiger partial charge in [-0.25, -0.2) is 0 Å². The van der Waals surface area contributed by atoms with Crippen molar-refractivity contribution < 1.29 is 13.2 Å². The number of alkyl halides is 3. The van der Waals surface area contributed by atoms with Crippen LogP contribution in [0.4, 0.5) is 13.2 Å². The predicted octanol–water partition coefficient (Wildman–Crippen LogP) is 3.85. The zero-order chi connectivity index (χ0) is 10.8. The molecule has 1 nitrogen and oxygen atoms in total. The maximum absolute atomic E-state index is 11.9. The van der Waals surface area contributed by atoms with E-state index in [1.807, 2.05) is 0 Å². The summed E-state index contributed by atoms with van der Waals surface area (Å²) in [6, 6.07) is 1.25. The monoisotopic (exact) mass is 287 g/mol. The molecule has 0 aliphatic carbocycles. The highest BCUT2D eigenvalue weighted by Crippen LogP contribution is 2.32. The van der Waals surface area contributed by atoms with Gasteiger partial charge in [-0.1, -0.05) is 0 Å². The third-order valence-corrected chi connectivity index (χ3v) is 3.72. The van der Waals surface area contributed by atoms with Crippen LogP contribution in [0.15, 0.2) is 15.9 Å². The van der Waals surface area contributed by atoms with Crippen LogP contribution in [-0.2, 0) is 0 Å². The molecule has 1 heterocycles. The van der Waals surface area contributed by atoms with Gasteiger partial charge in [0.25, 0.3) is 0 Å². The third kappa shape index (κ3) is 3.59. The molecule has 0 aliphatic rings. The second kappa shape index (κ2) is 4.63.